The van der Waals surface area contributed by atoms with Gasteiger partial charge in [0, 0.05) is 24.6 Å². The number of thioether (sulfide) groups is 1. The standard InChI is InChI=1S/C15H22N4O2S/c1-2-9-19-14(11-5-7-16-8-6-11)17-18-15(19)22-10-12-3-4-13(20)21-12/h2,11-12,16H,1,3-10H2. The number of nitrogens with one attached hydrogen (secondary N) is 1. The Labute approximate surface area is 134 Å². The summed E-state index contributed by atoms with van der Waals surface area (Å²) in [6, 6.07) is 0. The first kappa shape index (κ1) is 15.6. The Morgan fingerprint density at radius 2 is 2.18 bits per heavy atom. The first-order valence-corrected chi connectivity index (χ1v) is 8.83. The van der Waals surface area contributed by atoms with Crippen LogP contribution in [0.3, 0.4) is 0 Å². The third kappa shape index (κ3) is 3.52. The molecule has 2 fully saturated rings. The number of esters is 1. The van der Waals surface area contributed by atoms with Crippen molar-refractivity contribution in [3.05, 3.63) is 18.5 Å². The van der Waals surface area contributed by atoms with Gasteiger partial charge in [-0.2, -0.15) is 0 Å². The summed E-state index contributed by atoms with van der Waals surface area (Å²) in [6.07, 6.45) is 5.43. The van der Waals surface area contributed by atoms with Gasteiger partial charge in [-0.05, 0) is 32.4 Å². The summed E-state index contributed by atoms with van der Waals surface area (Å²) in [5.41, 5.74) is 0. The van der Waals surface area contributed by atoms with Crippen molar-refractivity contribution in [3.8, 4) is 0 Å². The normalized spacial score (nSPS) is 22.7. The number of ether oxygens (including phenoxy) is 1. The average Bonchev–Trinajstić information content (AvgIpc) is 3.13. The average molecular weight is 322 g/mol. The molecule has 0 radical (unpaired) electrons. The topological polar surface area (TPSA) is 69.0 Å². The van der Waals surface area contributed by atoms with E-state index in [0.717, 1.165) is 55.6 Å². The zero-order chi connectivity index (χ0) is 15.4. The molecule has 0 aromatic carbocycles. The highest BCUT2D eigenvalue weighted by molar-refractivity contribution is 7.99. The molecule has 0 spiro atoms. The second-order valence-corrected chi connectivity index (χ2v) is 6.71. The van der Waals surface area contributed by atoms with E-state index in [-0.39, 0.29) is 12.1 Å². The summed E-state index contributed by atoms with van der Waals surface area (Å²) in [5, 5.41) is 13.1. The highest BCUT2D eigenvalue weighted by Crippen LogP contribution is 2.29. The Morgan fingerprint density at radius 3 is 2.86 bits per heavy atom. The first-order chi connectivity index (χ1) is 10.8. The molecule has 0 saturated carbocycles. The van der Waals surface area contributed by atoms with Crippen LogP contribution in [0.15, 0.2) is 17.8 Å². The van der Waals surface area contributed by atoms with Crippen LogP contribution >= 0.6 is 11.8 Å². The van der Waals surface area contributed by atoms with Crippen LogP contribution in [0.1, 0.15) is 37.4 Å². The number of hydrogen-bond acceptors (Lipinski definition) is 6. The van der Waals surface area contributed by atoms with E-state index in [1.54, 1.807) is 11.8 Å². The van der Waals surface area contributed by atoms with Gasteiger partial charge in [0.1, 0.15) is 11.9 Å². The van der Waals surface area contributed by atoms with Crippen LogP contribution < -0.4 is 5.32 Å². The molecule has 22 heavy (non-hydrogen) atoms. The van der Waals surface area contributed by atoms with Gasteiger partial charge in [-0.15, -0.1) is 16.8 Å². The van der Waals surface area contributed by atoms with Crippen molar-refractivity contribution in [3.63, 3.8) is 0 Å². The number of rotatable bonds is 6. The minimum absolute atomic E-state index is 0.00807. The molecule has 1 unspecified atom stereocenters. The number of aromatic nitrogens is 3. The molecule has 1 aromatic rings. The minimum atomic E-state index is -0.0893. The summed E-state index contributed by atoms with van der Waals surface area (Å²) < 4.78 is 7.42. The second-order valence-electron chi connectivity index (χ2n) is 5.73. The number of hydrogen-bond donors (Lipinski definition) is 1. The minimum Gasteiger partial charge on any atom is -0.461 e. The number of allylic oxidation sites excluding steroid dienone is 1. The van der Waals surface area contributed by atoms with Gasteiger partial charge in [0.25, 0.3) is 0 Å². The van der Waals surface area contributed by atoms with Gasteiger partial charge in [-0.1, -0.05) is 17.8 Å². The van der Waals surface area contributed by atoms with Crippen LogP contribution in [0.25, 0.3) is 0 Å². The molecule has 1 aromatic heterocycles. The van der Waals surface area contributed by atoms with E-state index in [4.69, 9.17) is 4.74 Å². The second kappa shape index (κ2) is 7.28. The summed E-state index contributed by atoms with van der Waals surface area (Å²) in [5.74, 6) is 2.18. The quantitative estimate of drug-likeness (QED) is 0.489. The molecular formula is C15H22N4O2S. The van der Waals surface area contributed by atoms with Gasteiger partial charge in [0.15, 0.2) is 5.16 Å². The Kier molecular flexibility index (Phi) is 5.15. The fraction of sp³-hybridized carbons (Fsp3) is 0.667. The molecule has 1 atom stereocenters. The van der Waals surface area contributed by atoms with Crippen molar-refractivity contribution in [2.45, 2.75) is 49.4 Å². The van der Waals surface area contributed by atoms with E-state index >= 15 is 0 Å². The lowest BCUT2D eigenvalue weighted by molar-refractivity contribution is -0.140. The number of carbonyl (C=O) groups is 1. The highest BCUT2D eigenvalue weighted by Gasteiger charge is 2.26. The van der Waals surface area contributed by atoms with Crippen molar-refractivity contribution in [2.24, 2.45) is 0 Å². The van der Waals surface area contributed by atoms with Crippen LogP contribution in [0.2, 0.25) is 0 Å². The number of piperidine rings is 1. The van der Waals surface area contributed by atoms with Gasteiger partial charge >= 0.3 is 5.97 Å². The molecule has 2 aliphatic heterocycles. The Balaban J connectivity index is 1.68. The van der Waals surface area contributed by atoms with E-state index in [1.165, 1.54) is 0 Å². The van der Waals surface area contributed by atoms with E-state index in [2.05, 4.69) is 26.7 Å². The Morgan fingerprint density at radius 1 is 1.36 bits per heavy atom. The molecule has 3 rings (SSSR count). The van der Waals surface area contributed by atoms with Gasteiger partial charge in [-0.25, -0.2) is 0 Å². The number of carbonyl (C=O) groups excluding carboxylic acids is 1. The van der Waals surface area contributed by atoms with E-state index in [1.807, 2.05) is 6.08 Å². The molecule has 0 amide bonds. The molecule has 0 aliphatic carbocycles. The molecule has 2 aliphatic rings. The van der Waals surface area contributed by atoms with Crippen LogP contribution in [0, 0.1) is 0 Å². The van der Waals surface area contributed by atoms with Crippen LogP contribution in [0.4, 0.5) is 0 Å². The predicted molar refractivity (Wildman–Crippen MR) is 84.9 cm³/mol. The molecule has 1 N–H and O–H groups in total. The SMILES string of the molecule is C=CCn1c(SCC2CCC(=O)O2)nnc1C1CCNCC1. The Bertz CT molecular complexity index is 540. The molecule has 7 heteroatoms. The summed E-state index contributed by atoms with van der Waals surface area (Å²) in [6.45, 7) is 6.63. The maximum Gasteiger partial charge on any atom is 0.306 e. The third-order valence-electron chi connectivity index (χ3n) is 4.13. The van der Waals surface area contributed by atoms with Crippen molar-refractivity contribution in [1.29, 1.82) is 0 Å². The third-order valence-corrected chi connectivity index (χ3v) is 5.23. The summed E-state index contributed by atoms with van der Waals surface area (Å²) in [7, 11) is 0. The van der Waals surface area contributed by atoms with Crippen molar-refractivity contribution in [1.82, 2.24) is 20.1 Å². The maximum atomic E-state index is 11.2. The first-order valence-electron chi connectivity index (χ1n) is 7.85. The predicted octanol–water partition coefficient (Wildman–Crippen LogP) is 1.73. The van der Waals surface area contributed by atoms with Gasteiger partial charge < -0.3 is 14.6 Å². The zero-order valence-corrected chi connectivity index (χ0v) is 13.5. The largest absolute Gasteiger partial charge is 0.461 e. The van der Waals surface area contributed by atoms with Crippen LogP contribution in [-0.4, -0.2) is 45.7 Å². The highest BCUT2D eigenvalue weighted by atomic mass is 32.2. The molecule has 2 saturated heterocycles. The van der Waals surface area contributed by atoms with Crippen LogP contribution in [-0.2, 0) is 16.1 Å². The van der Waals surface area contributed by atoms with E-state index in [0.29, 0.717) is 12.3 Å². The Hall–Kier alpha value is -1.34. The monoisotopic (exact) mass is 322 g/mol. The zero-order valence-electron chi connectivity index (χ0n) is 12.7. The summed E-state index contributed by atoms with van der Waals surface area (Å²) >= 11 is 1.62. The van der Waals surface area contributed by atoms with Crippen LogP contribution in [0.5, 0.6) is 0 Å². The lowest BCUT2D eigenvalue weighted by atomic mass is 9.97. The van der Waals surface area contributed by atoms with Crippen molar-refractivity contribution < 1.29 is 9.53 Å². The number of cyclic esters (lactones) is 1. The van der Waals surface area contributed by atoms with Gasteiger partial charge in [-0.3, -0.25) is 4.79 Å². The molecular weight excluding hydrogens is 300 g/mol. The smallest absolute Gasteiger partial charge is 0.306 e. The maximum absolute atomic E-state index is 11.2. The number of nitrogens with zero attached hydrogens (tertiary/aromatic N) is 3. The lowest BCUT2D eigenvalue weighted by Gasteiger charge is -2.22. The molecule has 3 heterocycles. The summed E-state index contributed by atoms with van der Waals surface area (Å²) in [4.78, 5) is 11.2. The van der Waals surface area contributed by atoms with Gasteiger partial charge in [0.2, 0.25) is 0 Å². The van der Waals surface area contributed by atoms with Gasteiger partial charge in [0.05, 0.1) is 0 Å². The lowest BCUT2D eigenvalue weighted by Crippen LogP contribution is -2.28. The molecule has 0 bridgehead atoms. The van der Waals surface area contributed by atoms with E-state index < -0.39 is 0 Å². The molecule has 6 nitrogen and oxygen atoms in total. The molecule has 120 valence electrons. The fourth-order valence-electron chi connectivity index (χ4n) is 2.96. The van der Waals surface area contributed by atoms with Crippen molar-refractivity contribution in [2.75, 3.05) is 18.8 Å². The van der Waals surface area contributed by atoms with Crippen molar-refractivity contribution >= 4 is 17.7 Å². The fourth-order valence-corrected chi connectivity index (χ4v) is 3.95. The van der Waals surface area contributed by atoms with E-state index in [9.17, 15) is 4.79 Å².